The zero-order chi connectivity index (χ0) is 23.7. The van der Waals surface area contributed by atoms with Crippen molar-refractivity contribution in [3.63, 3.8) is 0 Å². The van der Waals surface area contributed by atoms with E-state index in [1.54, 1.807) is 6.92 Å². The number of sulfonamides is 1. The van der Waals surface area contributed by atoms with E-state index in [9.17, 15) is 35.2 Å². The standard InChI is InChI=1S/C21H21F5N2O3S/c1-14(15-2-4-16(5-3-15)21(24,25)26)12-20(29)27-8-10-28(11-9-27)32(30,31)19-7-6-17(22)13-18(19)23/h2-7,13-14H,8-12H2,1H3. The van der Waals surface area contributed by atoms with Crippen LogP contribution < -0.4 is 0 Å². The molecule has 1 amide bonds. The maximum absolute atomic E-state index is 13.9. The van der Waals surface area contributed by atoms with Crippen molar-refractivity contribution in [2.45, 2.75) is 30.3 Å². The van der Waals surface area contributed by atoms with E-state index in [-0.39, 0.29) is 44.4 Å². The van der Waals surface area contributed by atoms with E-state index in [4.69, 9.17) is 0 Å². The second-order valence-electron chi connectivity index (χ2n) is 7.58. The number of hydrogen-bond donors (Lipinski definition) is 0. The van der Waals surface area contributed by atoms with Gasteiger partial charge in [0, 0.05) is 38.7 Å². The first-order valence-electron chi connectivity index (χ1n) is 9.79. The zero-order valence-corrected chi connectivity index (χ0v) is 17.9. The molecule has 0 aliphatic carbocycles. The molecule has 3 rings (SSSR count). The van der Waals surface area contributed by atoms with Gasteiger partial charge in [0.2, 0.25) is 15.9 Å². The molecule has 1 fully saturated rings. The molecule has 1 atom stereocenters. The molecular weight excluding hydrogens is 455 g/mol. The molecule has 0 N–H and O–H groups in total. The van der Waals surface area contributed by atoms with Crippen molar-refractivity contribution in [3.05, 3.63) is 65.2 Å². The molecule has 11 heteroatoms. The van der Waals surface area contributed by atoms with Crippen molar-refractivity contribution in [2.75, 3.05) is 26.2 Å². The third-order valence-electron chi connectivity index (χ3n) is 5.39. The molecule has 1 heterocycles. The average Bonchev–Trinajstić information content (AvgIpc) is 2.73. The summed E-state index contributed by atoms with van der Waals surface area (Å²) in [5.74, 6) is -2.67. The van der Waals surface area contributed by atoms with Crippen LogP contribution in [0.3, 0.4) is 0 Å². The quantitative estimate of drug-likeness (QED) is 0.613. The first-order chi connectivity index (χ1) is 14.9. The molecule has 0 saturated carbocycles. The molecule has 0 spiro atoms. The molecule has 1 aliphatic heterocycles. The fourth-order valence-corrected chi connectivity index (χ4v) is 4.98. The van der Waals surface area contributed by atoms with Gasteiger partial charge in [0.05, 0.1) is 5.56 Å². The van der Waals surface area contributed by atoms with Gasteiger partial charge in [-0.05, 0) is 35.7 Å². The number of carbonyl (C=O) groups excluding carboxylic acids is 1. The van der Waals surface area contributed by atoms with Crippen LogP contribution in [0.4, 0.5) is 22.0 Å². The lowest BCUT2D eigenvalue weighted by Gasteiger charge is -2.34. The van der Waals surface area contributed by atoms with Gasteiger partial charge in [-0.15, -0.1) is 0 Å². The summed E-state index contributed by atoms with van der Waals surface area (Å²) in [5.41, 5.74) is -0.186. The molecule has 1 aliphatic rings. The van der Waals surface area contributed by atoms with Crippen LogP contribution in [-0.4, -0.2) is 49.7 Å². The van der Waals surface area contributed by atoms with Crippen molar-refractivity contribution in [1.29, 1.82) is 0 Å². The van der Waals surface area contributed by atoms with Crippen LogP contribution in [-0.2, 0) is 21.0 Å². The van der Waals surface area contributed by atoms with Gasteiger partial charge in [0.25, 0.3) is 0 Å². The van der Waals surface area contributed by atoms with Gasteiger partial charge < -0.3 is 4.90 Å². The zero-order valence-electron chi connectivity index (χ0n) is 17.1. The van der Waals surface area contributed by atoms with E-state index < -0.39 is 38.3 Å². The minimum atomic E-state index is -4.44. The molecule has 32 heavy (non-hydrogen) atoms. The minimum Gasteiger partial charge on any atom is -0.340 e. The van der Waals surface area contributed by atoms with Crippen molar-refractivity contribution >= 4 is 15.9 Å². The van der Waals surface area contributed by atoms with Gasteiger partial charge in [-0.3, -0.25) is 4.79 Å². The Bertz CT molecular complexity index is 1080. The highest BCUT2D eigenvalue weighted by Gasteiger charge is 2.33. The molecule has 0 aromatic heterocycles. The van der Waals surface area contributed by atoms with Crippen molar-refractivity contribution in [1.82, 2.24) is 9.21 Å². The van der Waals surface area contributed by atoms with E-state index in [2.05, 4.69) is 0 Å². The number of benzene rings is 2. The molecule has 1 unspecified atom stereocenters. The van der Waals surface area contributed by atoms with E-state index >= 15 is 0 Å². The monoisotopic (exact) mass is 476 g/mol. The Morgan fingerprint density at radius 2 is 1.59 bits per heavy atom. The maximum atomic E-state index is 13.9. The molecule has 5 nitrogen and oxygen atoms in total. The summed E-state index contributed by atoms with van der Waals surface area (Å²) in [7, 11) is -4.18. The SMILES string of the molecule is CC(CC(=O)N1CCN(S(=O)(=O)c2ccc(F)cc2F)CC1)c1ccc(C(F)(F)F)cc1. The number of carbonyl (C=O) groups is 1. The first-order valence-corrected chi connectivity index (χ1v) is 11.2. The summed E-state index contributed by atoms with van der Waals surface area (Å²) in [6.45, 7) is 1.78. The van der Waals surface area contributed by atoms with Gasteiger partial charge in [-0.2, -0.15) is 17.5 Å². The Hall–Kier alpha value is -2.53. The number of hydrogen-bond acceptors (Lipinski definition) is 3. The minimum absolute atomic E-state index is 0.0463. The predicted octanol–water partition coefficient (Wildman–Crippen LogP) is 4.01. The Morgan fingerprint density at radius 3 is 2.12 bits per heavy atom. The first kappa shape index (κ1) is 24.1. The summed E-state index contributed by atoms with van der Waals surface area (Å²) in [4.78, 5) is 13.4. The lowest BCUT2D eigenvalue weighted by molar-refractivity contribution is -0.137. The molecule has 0 bridgehead atoms. The fourth-order valence-electron chi connectivity index (χ4n) is 3.51. The molecule has 174 valence electrons. The second-order valence-corrected chi connectivity index (χ2v) is 9.49. The van der Waals surface area contributed by atoms with Gasteiger partial charge in [-0.25, -0.2) is 17.2 Å². The maximum Gasteiger partial charge on any atom is 0.416 e. The van der Waals surface area contributed by atoms with Crippen molar-refractivity contribution in [3.8, 4) is 0 Å². The molecular formula is C21H21F5N2O3S. The van der Waals surface area contributed by atoms with Crippen LogP contribution in [0, 0.1) is 11.6 Å². The van der Waals surface area contributed by atoms with Crippen LogP contribution in [0.25, 0.3) is 0 Å². The van der Waals surface area contributed by atoms with Gasteiger partial charge in [-0.1, -0.05) is 19.1 Å². The van der Waals surface area contributed by atoms with Gasteiger partial charge >= 0.3 is 6.18 Å². The van der Waals surface area contributed by atoms with Crippen LogP contribution in [0.5, 0.6) is 0 Å². The Morgan fingerprint density at radius 1 is 1.00 bits per heavy atom. The van der Waals surface area contributed by atoms with E-state index in [0.717, 1.165) is 28.6 Å². The Kier molecular flexibility index (Phi) is 6.89. The molecule has 0 radical (unpaired) electrons. The van der Waals surface area contributed by atoms with Gasteiger partial charge in [0.1, 0.15) is 16.5 Å². The Balaban J connectivity index is 1.59. The highest BCUT2D eigenvalue weighted by Crippen LogP contribution is 2.31. The van der Waals surface area contributed by atoms with Crippen molar-refractivity contribution < 1.29 is 35.2 Å². The lowest BCUT2D eigenvalue weighted by Crippen LogP contribution is -2.50. The average molecular weight is 476 g/mol. The second kappa shape index (κ2) is 9.14. The largest absolute Gasteiger partial charge is 0.416 e. The summed E-state index contributed by atoms with van der Waals surface area (Å²) in [6.07, 6.45) is -4.39. The summed E-state index contributed by atoms with van der Waals surface area (Å²) in [5, 5.41) is 0. The summed E-state index contributed by atoms with van der Waals surface area (Å²) < 4.78 is 91.4. The highest BCUT2D eigenvalue weighted by molar-refractivity contribution is 7.89. The number of alkyl halides is 3. The van der Waals surface area contributed by atoms with E-state index in [1.807, 2.05) is 0 Å². The normalized spacial score (nSPS) is 16.8. The summed E-state index contributed by atoms with van der Waals surface area (Å²) in [6, 6.07) is 6.82. The highest BCUT2D eigenvalue weighted by atomic mass is 32.2. The number of halogens is 5. The lowest BCUT2D eigenvalue weighted by atomic mass is 9.96. The number of amides is 1. The van der Waals surface area contributed by atoms with Crippen molar-refractivity contribution in [2.24, 2.45) is 0 Å². The molecule has 2 aromatic rings. The Labute approximate surface area is 182 Å². The third kappa shape index (κ3) is 5.26. The predicted molar refractivity (Wildman–Crippen MR) is 106 cm³/mol. The van der Waals surface area contributed by atoms with Crippen LogP contribution >= 0.6 is 0 Å². The summed E-state index contributed by atoms with van der Waals surface area (Å²) >= 11 is 0. The fraction of sp³-hybridized carbons (Fsp3) is 0.381. The van der Waals surface area contributed by atoms with Crippen LogP contribution in [0.15, 0.2) is 47.4 Å². The van der Waals surface area contributed by atoms with Crippen LogP contribution in [0.1, 0.15) is 30.4 Å². The number of nitrogens with zero attached hydrogens (tertiary/aromatic N) is 2. The topological polar surface area (TPSA) is 57.7 Å². The smallest absolute Gasteiger partial charge is 0.340 e. The van der Waals surface area contributed by atoms with Gasteiger partial charge in [0.15, 0.2) is 0 Å². The third-order valence-corrected chi connectivity index (χ3v) is 7.32. The number of rotatable bonds is 5. The molecule has 2 aromatic carbocycles. The molecule has 1 saturated heterocycles. The number of piperazine rings is 1. The van der Waals surface area contributed by atoms with Crippen LogP contribution in [0.2, 0.25) is 0 Å². The van der Waals surface area contributed by atoms with E-state index in [1.165, 1.54) is 17.0 Å². The van der Waals surface area contributed by atoms with E-state index in [0.29, 0.717) is 11.6 Å².